The summed E-state index contributed by atoms with van der Waals surface area (Å²) in [6.45, 7) is 3.86. The molecule has 0 aromatic heterocycles. The van der Waals surface area contributed by atoms with Crippen LogP contribution in [-0.4, -0.2) is 8.42 Å². The van der Waals surface area contributed by atoms with E-state index in [4.69, 9.17) is 0 Å². The number of nitrogens with one attached hydrogen (secondary N) is 2. The van der Waals surface area contributed by atoms with Crippen LogP contribution in [0.1, 0.15) is 40.6 Å². The molecule has 0 saturated carbocycles. The predicted molar refractivity (Wildman–Crippen MR) is 126 cm³/mol. The van der Waals surface area contributed by atoms with Crippen LogP contribution < -0.4 is 10.0 Å². The highest BCUT2D eigenvalue weighted by atomic mass is 32.2. The molecule has 1 heterocycles. The van der Waals surface area contributed by atoms with Gasteiger partial charge >= 0.3 is 0 Å². The lowest BCUT2D eigenvalue weighted by Gasteiger charge is -2.37. The summed E-state index contributed by atoms with van der Waals surface area (Å²) in [5, 5.41) is 3.47. The Morgan fingerprint density at radius 2 is 1.81 bits per heavy atom. The SMILES string of the molecule is Cc1ccc(NS(=O)(=O)c2ccc3c(c2)[C@@H]2C=CC[C@H]2[C@H](c2ccccc2F)N3)c(C)c1. The highest BCUT2D eigenvalue weighted by Gasteiger charge is 2.39. The lowest BCUT2D eigenvalue weighted by atomic mass is 9.77. The number of benzene rings is 3. The van der Waals surface area contributed by atoms with Crippen molar-refractivity contribution in [2.45, 2.75) is 37.1 Å². The number of rotatable bonds is 4. The summed E-state index contributed by atoms with van der Waals surface area (Å²) in [6.07, 6.45) is 5.04. The van der Waals surface area contributed by atoms with E-state index in [1.807, 2.05) is 38.1 Å². The molecular formula is C26H25FN2O2S. The maximum absolute atomic E-state index is 14.5. The Balaban J connectivity index is 1.50. The molecule has 2 aliphatic rings. The fourth-order valence-corrected chi connectivity index (χ4v) is 6.07. The van der Waals surface area contributed by atoms with Crippen LogP contribution in [0.2, 0.25) is 0 Å². The van der Waals surface area contributed by atoms with Crippen molar-refractivity contribution < 1.29 is 12.8 Å². The number of anilines is 2. The second-order valence-electron chi connectivity index (χ2n) is 8.67. The third kappa shape index (κ3) is 3.58. The first-order chi connectivity index (χ1) is 15.3. The summed E-state index contributed by atoms with van der Waals surface area (Å²) >= 11 is 0. The molecule has 3 aromatic rings. The number of halogens is 1. The zero-order chi connectivity index (χ0) is 22.5. The van der Waals surface area contributed by atoms with Crippen molar-refractivity contribution >= 4 is 21.4 Å². The van der Waals surface area contributed by atoms with Crippen molar-refractivity contribution in [3.8, 4) is 0 Å². The van der Waals surface area contributed by atoms with E-state index in [0.717, 1.165) is 28.8 Å². The Hall–Kier alpha value is -3.12. The molecule has 4 nitrogen and oxygen atoms in total. The van der Waals surface area contributed by atoms with E-state index in [1.54, 1.807) is 30.3 Å². The van der Waals surface area contributed by atoms with Gasteiger partial charge in [0.1, 0.15) is 5.82 Å². The molecule has 32 heavy (non-hydrogen) atoms. The fraction of sp³-hybridized carbons (Fsp3) is 0.231. The van der Waals surface area contributed by atoms with Gasteiger partial charge in [-0.3, -0.25) is 4.72 Å². The third-order valence-corrected chi connectivity index (χ3v) is 7.87. The summed E-state index contributed by atoms with van der Waals surface area (Å²) in [5.41, 5.74) is 4.94. The standard InChI is InChI=1S/C26H25FN2O2S/c1-16-10-12-24(17(2)14-16)29-32(30,31)18-11-13-25-22(15-18)19-7-5-8-20(19)26(28-25)21-6-3-4-9-23(21)27/h3-7,9-15,19-20,26,28-29H,8H2,1-2H3/t19-,20-,26-/m1/s1. The number of fused-ring (bicyclic) bond motifs is 3. The quantitative estimate of drug-likeness (QED) is 0.476. The van der Waals surface area contributed by atoms with Crippen LogP contribution in [0.5, 0.6) is 0 Å². The molecule has 5 rings (SSSR count). The van der Waals surface area contributed by atoms with Crippen LogP contribution in [0.25, 0.3) is 0 Å². The summed E-state index contributed by atoms with van der Waals surface area (Å²) in [7, 11) is -3.75. The predicted octanol–water partition coefficient (Wildman–Crippen LogP) is 6.07. The zero-order valence-corrected chi connectivity index (χ0v) is 18.8. The zero-order valence-electron chi connectivity index (χ0n) is 18.0. The molecule has 0 radical (unpaired) electrons. The van der Waals surface area contributed by atoms with E-state index in [9.17, 15) is 12.8 Å². The first-order valence-corrected chi connectivity index (χ1v) is 12.2. The van der Waals surface area contributed by atoms with Gasteiger partial charge in [0.05, 0.1) is 16.6 Å². The first kappa shape index (κ1) is 20.8. The highest BCUT2D eigenvalue weighted by Crippen LogP contribution is 2.50. The van der Waals surface area contributed by atoms with Crippen LogP contribution in [0.15, 0.2) is 77.7 Å². The number of hydrogen-bond donors (Lipinski definition) is 2. The van der Waals surface area contributed by atoms with Gasteiger partial charge in [-0.05, 0) is 67.6 Å². The van der Waals surface area contributed by atoms with Gasteiger partial charge in [-0.15, -0.1) is 0 Å². The Morgan fingerprint density at radius 3 is 2.59 bits per heavy atom. The minimum atomic E-state index is -3.75. The lowest BCUT2D eigenvalue weighted by Crippen LogP contribution is -2.30. The highest BCUT2D eigenvalue weighted by molar-refractivity contribution is 7.92. The summed E-state index contributed by atoms with van der Waals surface area (Å²) in [6, 6.07) is 17.5. The molecule has 3 atom stereocenters. The molecule has 0 unspecified atom stereocenters. The average molecular weight is 449 g/mol. The number of sulfonamides is 1. The topological polar surface area (TPSA) is 58.2 Å². The molecule has 2 N–H and O–H groups in total. The van der Waals surface area contributed by atoms with Gasteiger partial charge in [0.2, 0.25) is 0 Å². The Labute approximate surface area is 188 Å². The average Bonchev–Trinajstić information content (AvgIpc) is 3.26. The number of aryl methyl sites for hydroxylation is 2. The van der Waals surface area contributed by atoms with Crippen molar-refractivity contribution in [1.82, 2.24) is 0 Å². The van der Waals surface area contributed by atoms with E-state index in [1.165, 1.54) is 6.07 Å². The molecule has 1 aliphatic carbocycles. The van der Waals surface area contributed by atoms with Gasteiger partial charge in [0.25, 0.3) is 10.0 Å². The van der Waals surface area contributed by atoms with Gasteiger partial charge in [-0.2, -0.15) is 0 Å². The maximum atomic E-state index is 14.5. The molecule has 164 valence electrons. The third-order valence-electron chi connectivity index (χ3n) is 6.51. The van der Waals surface area contributed by atoms with Crippen molar-refractivity contribution in [2.75, 3.05) is 10.0 Å². The molecule has 3 aromatic carbocycles. The van der Waals surface area contributed by atoms with E-state index in [2.05, 4.69) is 22.2 Å². The Kier molecular flexibility index (Phi) is 5.05. The first-order valence-electron chi connectivity index (χ1n) is 10.7. The van der Waals surface area contributed by atoms with Crippen molar-refractivity contribution in [1.29, 1.82) is 0 Å². The van der Waals surface area contributed by atoms with Crippen molar-refractivity contribution in [3.63, 3.8) is 0 Å². The molecule has 0 bridgehead atoms. The van der Waals surface area contributed by atoms with Gasteiger partial charge in [-0.1, -0.05) is 48.0 Å². The number of hydrogen-bond acceptors (Lipinski definition) is 3. The Morgan fingerprint density at radius 1 is 1.00 bits per heavy atom. The molecule has 6 heteroatoms. The second-order valence-corrected chi connectivity index (χ2v) is 10.4. The van der Waals surface area contributed by atoms with Crippen LogP contribution in [0, 0.1) is 25.6 Å². The van der Waals surface area contributed by atoms with E-state index >= 15 is 0 Å². The fourth-order valence-electron chi connectivity index (χ4n) is 4.91. The maximum Gasteiger partial charge on any atom is 0.261 e. The second kappa shape index (κ2) is 7.78. The minimum Gasteiger partial charge on any atom is -0.378 e. The molecule has 0 fully saturated rings. The van der Waals surface area contributed by atoms with Crippen molar-refractivity contribution in [2.24, 2.45) is 5.92 Å². The minimum absolute atomic E-state index is 0.0344. The molecule has 0 amide bonds. The normalized spacial score (nSPS) is 21.5. The Bertz CT molecular complexity index is 1330. The molecule has 1 aliphatic heterocycles. The van der Waals surface area contributed by atoms with E-state index < -0.39 is 10.0 Å². The monoisotopic (exact) mass is 448 g/mol. The van der Waals surface area contributed by atoms with Crippen LogP contribution in [-0.2, 0) is 10.0 Å². The number of allylic oxidation sites excluding steroid dienone is 2. The van der Waals surface area contributed by atoms with E-state index in [0.29, 0.717) is 11.3 Å². The van der Waals surface area contributed by atoms with Crippen LogP contribution in [0.4, 0.5) is 15.8 Å². The van der Waals surface area contributed by atoms with Gasteiger partial charge in [-0.25, -0.2) is 12.8 Å². The molecule has 0 spiro atoms. The lowest BCUT2D eigenvalue weighted by molar-refractivity contribution is 0.413. The van der Waals surface area contributed by atoms with Crippen LogP contribution in [0.3, 0.4) is 0 Å². The molecule has 0 saturated heterocycles. The molecular weight excluding hydrogens is 423 g/mol. The summed E-state index contributed by atoms with van der Waals surface area (Å²) in [5.74, 6) is -0.0623. The van der Waals surface area contributed by atoms with Crippen LogP contribution >= 0.6 is 0 Å². The van der Waals surface area contributed by atoms with Gasteiger partial charge in [0.15, 0.2) is 0 Å². The largest absolute Gasteiger partial charge is 0.378 e. The van der Waals surface area contributed by atoms with E-state index in [-0.39, 0.29) is 28.6 Å². The van der Waals surface area contributed by atoms with Gasteiger partial charge < -0.3 is 5.32 Å². The smallest absolute Gasteiger partial charge is 0.261 e. The van der Waals surface area contributed by atoms with Gasteiger partial charge in [0, 0.05) is 17.2 Å². The van der Waals surface area contributed by atoms with Crippen molar-refractivity contribution in [3.05, 3.63) is 101 Å². The summed E-state index contributed by atoms with van der Waals surface area (Å²) in [4.78, 5) is 0.224. The summed E-state index contributed by atoms with van der Waals surface area (Å²) < 4.78 is 43.6.